The van der Waals surface area contributed by atoms with E-state index in [0.717, 1.165) is 12.8 Å². The molecule has 4 heteroatoms. The van der Waals surface area contributed by atoms with E-state index >= 15 is 0 Å². The first-order chi connectivity index (χ1) is 7.17. The highest BCUT2D eigenvalue weighted by atomic mass is 16.2. The van der Waals surface area contributed by atoms with E-state index < -0.39 is 0 Å². The summed E-state index contributed by atoms with van der Waals surface area (Å²) in [6, 6.07) is 1.46. The van der Waals surface area contributed by atoms with Crippen LogP contribution in [0.5, 0.6) is 0 Å². The Hall–Kier alpha value is -1.76. The number of nitrogens with one attached hydrogen (secondary N) is 1. The minimum absolute atomic E-state index is 0.204. The average Bonchev–Trinajstić information content (AvgIpc) is 2.64. The smallest absolute Gasteiger partial charge is 0.272 e. The van der Waals surface area contributed by atoms with Crippen LogP contribution in [0.3, 0.4) is 0 Å². The largest absolute Gasteiger partial charge is 0.337 e. The molecule has 1 amide bonds. The van der Waals surface area contributed by atoms with E-state index in [1.54, 1.807) is 24.0 Å². The van der Waals surface area contributed by atoms with E-state index in [1.165, 1.54) is 0 Å². The van der Waals surface area contributed by atoms with Gasteiger partial charge in [-0.2, -0.15) is 5.10 Å². The molecule has 1 unspecified atom stereocenters. The lowest BCUT2D eigenvalue weighted by molar-refractivity contribution is 0.0938. The van der Waals surface area contributed by atoms with E-state index in [1.807, 2.05) is 6.92 Å². The number of rotatable bonds is 4. The van der Waals surface area contributed by atoms with Gasteiger partial charge >= 0.3 is 0 Å². The molecule has 1 N–H and O–H groups in total. The van der Waals surface area contributed by atoms with Crippen LogP contribution >= 0.6 is 0 Å². The van der Waals surface area contributed by atoms with Gasteiger partial charge in [0.2, 0.25) is 0 Å². The zero-order chi connectivity index (χ0) is 11.3. The second-order valence-corrected chi connectivity index (χ2v) is 3.36. The van der Waals surface area contributed by atoms with Crippen molar-refractivity contribution in [1.29, 1.82) is 0 Å². The second-order valence-electron chi connectivity index (χ2n) is 3.36. The van der Waals surface area contributed by atoms with Crippen LogP contribution in [0.4, 0.5) is 0 Å². The highest BCUT2D eigenvalue weighted by molar-refractivity contribution is 5.92. The molecule has 0 aliphatic heterocycles. The maximum Gasteiger partial charge on any atom is 0.272 e. The third kappa shape index (κ3) is 3.13. The fraction of sp³-hybridized carbons (Fsp3) is 0.455. The summed E-state index contributed by atoms with van der Waals surface area (Å²) in [5, 5.41) is 6.74. The Balaban J connectivity index is 2.59. The quantitative estimate of drug-likeness (QED) is 0.744. The second kappa shape index (κ2) is 5.20. The Bertz CT molecular complexity index is 375. The lowest BCUT2D eigenvalue weighted by atomic mass is 10.2. The minimum Gasteiger partial charge on any atom is -0.337 e. The van der Waals surface area contributed by atoms with Gasteiger partial charge in [0, 0.05) is 13.2 Å². The summed E-state index contributed by atoms with van der Waals surface area (Å²) in [5.74, 6) is 2.33. The van der Waals surface area contributed by atoms with Crippen molar-refractivity contribution in [3.8, 4) is 12.3 Å². The molecule has 0 spiro atoms. The summed E-state index contributed by atoms with van der Waals surface area (Å²) in [6.45, 7) is 2.03. The first-order valence-electron chi connectivity index (χ1n) is 4.94. The molecule has 0 aliphatic rings. The predicted molar refractivity (Wildman–Crippen MR) is 58.2 cm³/mol. The SMILES string of the molecule is C#CC(CCC)NC(=O)c1ccn(C)n1. The standard InChI is InChI=1S/C11H15N3O/c1-4-6-9(5-2)12-11(15)10-7-8-14(3)13-10/h2,7-9H,4,6H2,1,3H3,(H,12,15). The first-order valence-corrected chi connectivity index (χ1v) is 4.94. The molecule has 0 aliphatic carbocycles. The number of hydrogen-bond acceptors (Lipinski definition) is 2. The normalized spacial score (nSPS) is 11.8. The van der Waals surface area contributed by atoms with Gasteiger partial charge in [0.05, 0.1) is 6.04 Å². The lowest BCUT2D eigenvalue weighted by Gasteiger charge is -2.10. The van der Waals surface area contributed by atoms with E-state index in [9.17, 15) is 4.79 Å². The van der Waals surface area contributed by atoms with E-state index in [-0.39, 0.29) is 11.9 Å². The molecular formula is C11H15N3O. The van der Waals surface area contributed by atoms with Crippen molar-refractivity contribution < 1.29 is 4.79 Å². The summed E-state index contributed by atoms with van der Waals surface area (Å²) in [5.41, 5.74) is 0.397. The summed E-state index contributed by atoms with van der Waals surface area (Å²) >= 11 is 0. The number of carbonyl (C=O) groups excluding carboxylic acids is 1. The lowest BCUT2D eigenvalue weighted by Crippen LogP contribution is -2.33. The van der Waals surface area contributed by atoms with Gasteiger partial charge in [0.15, 0.2) is 0 Å². The van der Waals surface area contributed by atoms with Gasteiger partial charge in [-0.3, -0.25) is 9.48 Å². The fourth-order valence-corrected chi connectivity index (χ4v) is 1.25. The van der Waals surface area contributed by atoms with Crippen molar-refractivity contribution in [2.75, 3.05) is 0 Å². The van der Waals surface area contributed by atoms with E-state index in [2.05, 4.69) is 16.3 Å². The van der Waals surface area contributed by atoms with Crippen LogP contribution < -0.4 is 5.32 Å². The van der Waals surface area contributed by atoms with Gasteiger partial charge in [-0.1, -0.05) is 19.3 Å². The maximum absolute atomic E-state index is 11.6. The van der Waals surface area contributed by atoms with Crippen molar-refractivity contribution in [3.05, 3.63) is 18.0 Å². The summed E-state index contributed by atoms with van der Waals surface area (Å²) in [4.78, 5) is 11.6. The molecule has 1 aromatic heterocycles. The van der Waals surface area contributed by atoms with Crippen LogP contribution in [-0.4, -0.2) is 21.7 Å². The molecule has 0 saturated carbocycles. The molecule has 0 bridgehead atoms. The molecule has 0 radical (unpaired) electrons. The highest BCUT2D eigenvalue weighted by Gasteiger charge is 2.12. The van der Waals surface area contributed by atoms with Crippen molar-refractivity contribution in [3.63, 3.8) is 0 Å². The molecule has 0 saturated heterocycles. The van der Waals surface area contributed by atoms with E-state index in [0.29, 0.717) is 5.69 Å². The van der Waals surface area contributed by atoms with Crippen LogP contribution in [-0.2, 0) is 7.05 Å². The monoisotopic (exact) mass is 205 g/mol. The third-order valence-corrected chi connectivity index (χ3v) is 2.03. The molecule has 15 heavy (non-hydrogen) atoms. The van der Waals surface area contributed by atoms with Gasteiger partial charge in [-0.25, -0.2) is 0 Å². The van der Waals surface area contributed by atoms with Gasteiger partial charge in [0.25, 0.3) is 5.91 Å². The molecule has 4 nitrogen and oxygen atoms in total. The highest BCUT2D eigenvalue weighted by Crippen LogP contribution is 1.99. The topological polar surface area (TPSA) is 46.9 Å². The zero-order valence-corrected chi connectivity index (χ0v) is 9.03. The Morgan fingerprint density at radius 3 is 3.00 bits per heavy atom. The first kappa shape index (κ1) is 11.3. The summed E-state index contributed by atoms with van der Waals surface area (Å²) in [6.07, 6.45) is 8.75. The van der Waals surface area contributed by atoms with Crippen molar-refractivity contribution in [2.24, 2.45) is 7.05 Å². The Labute approximate surface area is 89.7 Å². The summed E-state index contributed by atoms with van der Waals surface area (Å²) < 4.78 is 1.58. The number of aryl methyl sites for hydroxylation is 1. The molecule has 1 heterocycles. The van der Waals surface area contributed by atoms with Crippen molar-refractivity contribution in [1.82, 2.24) is 15.1 Å². The van der Waals surface area contributed by atoms with E-state index in [4.69, 9.17) is 6.42 Å². The molecule has 0 aromatic carbocycles. The zero-order valence-electron chi connectivity index (χ0n) is 9.03. The van der Waals surface area contributed by atoms with Crippen LogP contribution in [0.1, 0.15) is 30.3 Å². The molecule has 0 fully saturated rings. The molecule has 1 atom stereocenters. The minimum atomic E-state index is -0.216. The number of terminal acetylenes is 1. The van der Waals surface area contributed by atoms with Crippen LogP contribution in [0, 0.1) is 12.3 Å². The number of amides is 1. The van der Waals surface area contributed by atoms with Gasteiger partial charge in [-0.15, -0.1) is 6.42 Å². The van der Waals surface area contributed by atoms with Gasteiger partial charge in [-0.05, 0) is 12.5 Å². The average molecular weight is 205 g/mol. The Kier molecular flexibility index (Phi) is 3.92. The Morgan fingerprint density at radius 1 is 1.80 bits per heavy atom. The molecule has 1 aromatic rings. The molecule has 1 rings (SSSR count). The van der Waals surface area contributed by atoms with Gasteiger partial charge < -0.3 is 5.32 Å². The third-order valence-electron chi connectivity index (χ3n) is 2.03. The number of aromatic nitrogens is 2. The van der Waals surface area contributed by atoms with Crippen LogP contribution in [0.15, 0.2) is 12.3 Å². The maximum atomic E-state index is 11.6. The van der Waals surface area contributed by atoms with Crippen LogP contribution in [0.2, 0.25) is 0 Å². The van der Waals surface area contributed by atoms with Gasteiger partial charge in [0.1, 0.15) is 5.69 Å². The molecule has 80 valence electrons. The molecular weight excluding hydrogens is 190 g/mol. The Morgan fingerprint density at radius 2 is 2.53 bits per heavy atom. The summed E-state index contributed by atoms with van der Waals surface area (Å²) in [7, 11) is 1.77. The number of carbonyl (C=O) groups is 1. The number of nitrogens with zero attached hydrogens (tertiary/aromatic N) is 2. The number of hydrogen-bond donors (Lipinski definition) is 1. The fourth-order valence-electron chi connectivity index (χ4n) is 1.25. The van der Waals surface area contributed by atoms with Crippen molar-refractivity contribution in [2.45, 2.75) is 25.8 Å². The van der Waals surface area contributed by atoms with Crippen molar-refractivity contribution >= 4 is 5.91 Å². The predicted octanol–water partition coefficient (Wildman–Crippen LogP) is 0.952. The van der Waals surface area contributed by atoms with Crippen LogP contribution in [0.25, 0.3) is 0 Å².